The number of likely N-dealkylation sites (tertiary alicyclic amines) is 1. The molecule has 2 heterocycles. The smallest absolute Gasteiger partial charge is 0.315 e. The maximum absolute atomic E-state index is 14.1. The van der Waals surface area contributed by atoms with Crippen LogP contribution in [0, 0.1) is 5.82 Å². The van der Waals surface area contributed by atoms with Crippen LogP contribution in [0.1, 0.15) is 42.5 Å². The molecule has 2 aromatic carbocycles. The van der Waals surface area contributed by atoms with Crippen molar-refractivity contribution < 1.29 is 13.9 Å². The Balaban J connectivity index is 1.41. The molecule has 0 unspecified atom stereocenters. The Morgan fingerprint density at radius 1 is 1.23 bits per heavy atom. The van der Waals surface area contributed by atoms with Crippen molar-refractivity contribution in [2.24, 2.45) is 0 Å². The Hall–Kier alpha value is -2.25. The standard InChI is InChI=1S/C23H28FN3O2S/c1-29-17-9-7-16(8-10-17)21(27-12-2-3-13-27)15-25-23(28)26-20-11-14-30-22-18(20)5-4-6-19(22)24/h4-10,20-21H,2-3,11-15H2,1H3,(H2,25,26,28)/t20-,21-/m0/s1. The van der Waals surface area contributed by atoms with E-state index in [9.17, 15) is 9.18 Å². The zero-order valence-corrected chi connectivity index (χ0v) is 18.0. The van der Waals surface area contributed by atoms with Gasteiger partial charge in [0.25, 0.3) is 0 Å². The number of carbonyl (C=O) groups is 1. The minimum atomic E-state index is -0.210. The number of fused-ring (bicyclic) bond motifs is 1. The summed E-state index contributed by atoms with van der Waals surface area (Å²) in [6.07, 6.45) is 3.16. The first kappa shape index (κ1) is 21.0. The fraction of sp³-hybridized carbons (Fsp3) is 0.435. The third-order valence-electron chi connectivity index (χ3n) is 5.87. The number of amides is 2. The molecule has 7 heteroatoms. The number of hydrogen-bond donors (Lipinski definition) is 2. The maximum atomic E-state index is 14.1. The van der Waals surface area contributed by atoms with Crippen LogP contribution in [-0.4, -0.2) is 43.4 Å². The van der Waals surface area contributed by atoms with Crippen LogP contribution in [0.5, 0.6) is 5.75 Å². The molecule has 1 fully saturated rings. The molecule has 0 bridgehead atoms. The number of thioether (sulfide) groups is 1. The molecule has 1 saturated heterocycles. The second-order valence-corrected chi connectivity index (χ2v) is 8.84. The van der Waals surface area contributed by atoms with Gasteiger partial charge in [-0.15, -0.1) is 11.8 Å². The van der Waals surface area contributed by atoms with Crippen molar-refractivity contribution in [2.75, 3.05) is 32.5 Å². The minimum Gasteiger partial charge on any atom is -0.497 e. The molecule has 2 aromatic rings. The van der Waals surface area contributed by atoms with Gasteiger partial charge in [0.1, 0.15) is 11.6 Å². The number of rotatable bonds is 6. The highest BCUT2D eigenvalue weighted by Gasteiger charge is 2.26. The van der Waals surface area contributed by atoms with E-state index in [2.05, 4.69) is 27.7 Å². The largest absolute Gasteiger partial charge is 0.497 e. The first-order chi connectivity index (χ1) is 14.7. The summed E-state index contributed by atoms with van der Waals surface area (Å²) < 4.78 is 19.4. The van der Waals surface area contributed by atoms with Crippen molar-refractivity contribution in [3.63, 3.8) is 0 Å². The minimum absolute atomic E-state index is 0.121. The highest BCUT2D eigenvalue weighted by atomic mass is 32.2. The van der Waals surface area contributed by atoms with Crippen LogP contribution in [0.4, 0.5) is 9.18 Å². The van der Waals surface area contributed by atoms with E-state index in [0.29, 0.717) is 11.4 Å². The van der Waals surface area contributed by atoms with Crippen LogP contribution in [-0.2, 0) is 0 Å². The number of benzene rings is 2. The monoisotopic (exact) mass is 429 g/mol. The van der Waals surface area contributed by atoms with Gasteiger partial charge in [-0.1, -0.05) is 24.3 Å². The van der Waals surface area contributed by atoms with Crippen LogP contribution < -0.4 is 15.4 Å². The molecule has 2 aliphatic rings. The van der Waals surface area contributed by atoms with Gasteiger partial charge >= 0.3 is 6.03 Å². The van der Waals surface area contributed by atoms with E-state index < -0.39 is 0 Å². The van der Waals surface area contributed by atoms with Gasteiger partial charge in [0.2, 0.25) is 0 Å². The number of nitrogens with one attached hydrogen (secondary N) is 2. The molecule has 0 aliphatic carbocycles. The van der Waals surface area contributed by atoms with Gasteiger partial charge in [0.05, 0.1) is 19.2 Å². The van der Waals surface area contributed by atoms with Crippen LogP contribution in [0.3, 0.4) is 0 Å². The molecular formula is C23H28FN3O2S. The molecule has 2 atom stereocenters. The number of carbonyl (C=O) groups excluding carboxylic acids is 1. The van der Waals surface area contributed by atoms with E-state index in [1.807, 2.05) is 18.2 Å². The maximum Gasteiger partial charge on any atom is 0.315 e. The number of hydrogen-bond acceptors (Lipinski definition) is 4. The molecule has 2 N–H and O–H groups in total. The molecule has 2 aliphatic heterocycles. The quantitative estimate of drug-likeness (QED) is 0.710. The van der Waals surface area contributed by atoms with Crippen molar-refractivity contribution in [3.8, 4) is 5.75 Å². The van der Waals surface area contributed by atoms with E-state index in [-0.39, 0.29) is 23.9 Å². The van der Waals surface area contributed by atoms with Gasteiger partial charge < -0.3 is 15.4 Å². The lowest BCUT2D eigenvalue weighted by Crippen LogP contribution is -2.43. The van der Waals surface area contributed by atoms with Crippen molar-refractivity contribution >= 4 is 17.8 Å². The summed E-state index contributed by atoms with van der Waals surface area (Å²) in [7, 11) is 1.66. The second kappa shape index (κ2) is 9.71. The van der Waals surface area contributed by atoms with Crippen LogP contribution >= 0.6 is 11.8 Å². The summed E-state index contributed by atoms with van der Waals surface area (Å²) in [4.78, 5) is 15.8. The van der Waals surface area contributed by atoms with Gasteiger partial charge in [-0.3, -0.25) is 4.90 Å². The lowest BCUT2D eigenvalue weighted by atomic mass is 10.0. The molecule has 0 saturated carbocycles. The highest BCUT2D eigenvalue weighted by molar-refractivity contribution is 7.99. The average Bonchev–Trinajstić information content (AvgIpc) is 3.30. The van der Waals surface area contributed by atoms with E-state index in [1.54, 1.807) is 13.2 Å². The topological polar surface area (TPSA) is 53.6 Å². The van der Waals surface area contributed by atoms with E-state index >= 15 is 0 Å². The summed E-state index contributed by atoms with van der Waals surface area (Å²) in [5.41, 5.74) is 2.03. The summed E-state index contributed by atoms with van der Waals surface area (Å²) >= 11 is 1.52. The van der Waals surface area contributed by atoms with Gasteiger partial charge in [0.15, 0.2) is 0 Å². The van der Waals surface area contributed by atoms with Gasteiger partial charge in [-0.2, -0.15) is 0 Å². The number of methoxy groups -OCH3 is 1. The highest BCUT2D eigenvalue weighted by Crippen LogP contribution is 2.37. The first-order valence-corrected chi connectivity index (χ1v) is 11.5. The molecule has 2 amide bonds. The average molecular weight is 430 g/mol. The Kier molecular flexibility index (Phi) is 6.79. The van der Waals surface area contributed by atoms with Gasteiger partial charge in [0, 0.05) is 17.2 Å². The Bertz CT molecular complexity index is 871. The van der Waals surface area contributed by atoms with Crippen LogP contribution in [0.15, 0.2) is 47.4 Å². The molecule has 5 nitrogen and oxygen atoms in total. The third-order valence-corrected chi connectivity index (χ3v) is 7.03. The number of urea groups is 1. The third kappa shape index (κ3) is 4.73. The number of halogens is 1. The SMILES string of the molecule is COc1ccc([C@H](CNC(=O)N[C@H]2CCSc3c(F)cccc32)N2CCCC2)cc1. The molecule has 0 spiro atoms. The molecular weight excluding hydrogens is 401 g/mol. The Morgan fingerprint density at radius 2 is 2.00 bits per heavy atom. The van der Waals surface area contributed by atoms with Crippen LogP contribution in [0.2, 0.25) is 0 Å². The Labute approximate surface area is 181 Å². The number of nitrogens with zero attached hydrogens (tertiary/aromatic N) is 1. The predicted molar refractivity (Wildman–Crippen MR) is 118 cm³/mol. The lowest BCUT2D eigenvalue weighted by molar-refractivity contribution is 0.218. The second-order valence-electron chi connectivity index (χ2n) is 7.73. The zero-order chi connectivity index (χ0) is 20.9. The zero-order valence-electron chi connectivity index (χ0n) is 17.2. The molecule has 30 heavy (non-hydrogen) atoms. The van der Waals surface area contributed by atoms with Gasteiger partial charge in [-0.05, 0) is 61.7 Å². The Morgan fingerprint density at radius 3 is 2.73 bits per heavy atom. The van der Waals surface area contributed by atoms with E-state index in [1.165, 1.54) is 36.2 Å². The summed E-state index contributed by atoms with van der Waals surface area (Å²) in [5, 5.41) is 6.11. The summed E-state index contributed by atoms with van der Waals surface area (Å²) in [6, 6.07) is 12.9. The van der Waals surface area contributed by atoms with E-state index in [0.717, 1.165) is 36.6 Å². The van der Waals surface area contributed by atoms with Crippen molar-refractivity contribution in [2.45, 2.75) is 36.2 Å². The fourth-order valence-corrected chi connectivity index (χ4v) is 5.41. The van der Waals surface area contributed by atoms with Crippen molar-refractivity contribution in [1.29, 1.82) is 0 Å². The fourth-order valence-electron chi connectivity index (χ4n) is 4.27. The molecule has 0 aromatic heterocycles. The number of ether oxygens (including phenoxy) is 1. The lowest BCUT2D eigenvalue weighted by Gasteiger charge is -2.30. The molecule has 4 rings (SSSR count). The van der Waals surface area contributed by atoms with E-state index in [4.69, 9.17) is 4.74 Å². The molecule has 0 radical (unpaired) electrons. The van der Waals surface area contributed by atoms with Gasteiger partial charge in [-0.25, -0.2) is 9.18 Å². The summed E-state index contributed by atoms with van der Waals surface area (Å²) in [5.74, 6) is 1.41. The molecule has 160 valence electrons. The summed E-state index contributed by atoms with van der Waals surface area (Å²) in [6.45, 7) is 2.59. The normalized spacial score (nSPS) is 19.7. The predicted octanol–water partition coefficient (Wildman–Crippen LogP) is 4.51. The first-order valence-electron chi connectivity index (χ1n) is 10.5. The van der Waals surface area contributed by atoms with Crippen LogP contribution in [0.25, 0.3) is 0 Å². The van der Waals surface area contributed by atoms with Crippen molar-refractivity contribution in [1.82, 2.24) is 15.5 Å². The van der Waals surface area contributed by atoms with Crippen molar-refractivity contribution in [3.05, 3.63) is 59.4 Å².